The summed E-state index contributed by atoms with van der Waals surface area (Å²) in [6.07, 6.45) is 1.83. The van der Waals surface area contributed by atoms with E-state index in [9.17, 15) is 0 Å². The molecule has 0 atom stereocenters. The molecule has 0 aliphatic carbocycles. The van der Waals surface area contributed by atoms with Crippen LogP contribution in [0.3, 0.4) is 0 Å². The molecule has 0 aliphatic heterocycles. The Hall–Kier alpha value is -1.18. The van der Waals surface area contributed by atoms with E-state index in [1.165, 1.54) is 5.98 Å². The van der Waals surface area contributed by atoms with Gasteiger partial charge in [0.25, 0.3) is 0 Å². The smallest absolute Gasteiger partial charge is 0.118 e. The van der Waals surface area contributed by atoms with Gasteiger partial charge in [-0.05, 0) is 17.7 Å². The molecule has 1 rings (SSSR count). The Balaban J connectivity index is 2.82. The molecule has 0 saturated heterocycles. The van der Waals surface area contributed by atoms with Gasteiger partial charge in [0.05, 0.1) is 7.11 Å². The highest BCUT2D eigenvalue weighted by molar-refractivity contribution is 6.19. The lowest BCUT2D eigenvalue weighted by Crippen LogP contribution is -1.81. The maximum Gasteiger partial charge on any atom is 0.118 e. The Bertz CT molecular complexity index is 238. The molecule has 0 unspecified atom stereocenters. The molecule has 0 amide bonds. The lowest BCUT2D eigenvalue weighted by molar-refractivity contribution is 0.415. The molecule has 2 heteroatoms. The van der Waals surface area contributed by atoms with Gasteiger partial charge in [-0.25, -0.2) is 0 Å². The van der Waals surface area contributed by atoms with Crippen LogP contribution in [0.25, 0.3) is 6.08 Å². The van der Waals surface area contributed by atoms with Crippen molar-refractivity contribution in [3.05, 3.63) is 35.8 Å². The molecule has 0 fully saturated rings. The normalized spacial score (nSPS) is 10.3. The maximum absolute atomic E-state index is 5.22. The average Bonchev–Trinajstić information content (AvgIpc) is 2.07. The third-order valence-electron chi connectivity index (χ3n) is 1.40. The summed E-state index contributed by atoms with van der Waals surface area (Å²) in [5, 5.41) is 0. The molecule has 1 aromatic carbocycles. The van der Waals surface area contributed by atoms with Crippen LogP contribution in [0, 0.1) is 0 Å². The van der Waals surface area contributed by atoms with Crippen LogP contribution in [0.2, 0.25) is 0 Å². The molecule has 0 saturated carbocycles. The van der Waals surface area contributed by atoms with E-state index in [0.717, 1.165) is 11.3 Å². The molecule has 0 aromatic heterocycles. The molecule has 0 N–H and O–H groups in total. The van der Waals surface area contributed by atoms with E-state index in [2.05, 4.69) is 0 Å². The van der Waals surface area contributed by atoms with Crippen molar-refractivity contribution in [1.29, 1.82) is 0 Å². The SMILES string of the molecule is [B]/C=C/c1ccc(OC)cc1. The largest absolute Gasteiger partial charge is 0.497 e. The summed E-state index contributed by atoms with van der Waals surface area (Å²) in [4.78, 5) is 0. The first-order valence-electron chi connectivity index (χ1n) is 3.39. The molecule has 1 nitrogen and oxygen atoms in total. The highest BCUT2D eigenvalue weighted by atomic mass is 16.5. The Morgan fingerprint density at radius 1 is 1.27 bits per heavy atom. The fourth-order valence-corrected chi connectivity index (χ4v) is 0.826. The first-order chi connectivity index (χ1) is 5.36. The van der Waals surface area contributed by atoms with Crippen LogP contribution in [0.5, 0.6) is 5.75 Å². The molecule has 0 bridgehead atoms. The van der Waals surface area contributed by atoms with Crippen LogP contribution in [0.1, 0.15) is 5.56 Å². The minimum absolute atomic E-state index is 0.860. The monoisotopic (exact) mass is 144 g/mol. The van der Waals surface area contributed by atoms with Crippen LogP contribution < -0.4 is 4.74 Å². The van der Waals surface area contributed by atoms with Gasteiger partial charge >= 0.3 is 0 Å². The van der Waals surface area contributed by atoms with Gasteiger partial charge < -0.3 is 4.74 Å². The van der Waals surface area contributed by atoms with Crippen molar-refractivity contribution in [1.82, 2.24) is 0 Å². The fraction of sp³-hybridized carbons (Fsp3) is 0.111. The van der Waals surface area contributed by atoms with Crippen molar-refractivity contribution in [2.24, 2.45) is 0 Å². The van der Waals surface area contributed by atoms with E-state index in [0.29, 0.717) is 0 Å². The van der Waals surface area contributed by atoms with Crippen LogP contribution in [-0.4, -0.2) is 15.0 Å². The summed E-state index contributed by atoms with van der Waals surface area (Å²) in [6.45, 7) is 0. The van der Waals surface area contributed by atoms with Crippen LogP contribution in [-0.2, 0) is 0 Å². The Kier molecular flexibility index (Phi) is 2.78. The fourth-order valence-electron chi connectivity index (χ4n) is 0.826. The van der Waals surface area contributed by atoms with Gasteiger partial charge in [0.1, 0.15) is 13.6 Å². The second kappa shape index (κ2) is 3.86. The number of methoxy groups -OCH3 is 1. The topological polar surface area (TPSA) is 9.23 Å². The first kappa shape index (κ1) is 7.93. The van der Waals surface area contributed by atoms with E-state index in [-0.39, 0.29) is 0 Å². The average molecular weight is 144 g/mol. The molecular formula is C9H9BO. The summed E-state index contributed by atoms with van der Waals surface area (Å²) >= 11 is 0. The summed E-state index contributed by atoms with van der Waals surface area (Å²) in [7, 11) is 6.87. The zero-order valence-corrected chi connectivity index (χ0v) is 6.45. The Labute approximate surface area is 68.1 Å². The highest BCUT2D eigenvalue weighted by Gasteiger charge is 1.87. The standard InChI is InChI=1S/C9H9BO/c1-11-9-4-2-8(3-5-9)6-7-10/h2-7H,1H3/b7-6+. The van der Waals surface area contributed by atoms with Crippen molar-refractivity contribution < 1.29 is 4.74 Å². The minimum atomic E-state index is 0.860. The van der Waals surface area contributed by atoms with Crippen LogP contribution in [0.4, 0.5) is 0 Å². The molecule has 0 aliphatic rings. The predicted molar refractivity (Wildman–Crippen MR) is 47.8 cm³/mol. The number of benzene rings is 1. The van der Waals surface area contributed by atoms with Gasteiger partial charge in [0.15, 0.2) is 0 Å². The second-order valence-electron chi connectivity index (χ2n) is 2.13. The van der Waals surface area contributed by atoms with E-state index < -0.39 is 0 Å². The number of hydrogen-bond acceptors (Lipinski definition) is 1. The molecule has 2 radical (unpaired) electrons. The zero-order chi connectivity index (χ0) is 8.10. The number of hydrogen-bond donors (Lipinski definition) is 0. The van der Waals surface area contributed by atoms with E-state index in [4.69, 9.17) is 12.6 Å². The zero-order valence-electron chi connectivity index (χ0n) is 6.45. The lowest BCUT2D eigenvalue weighted by Gasteiger charge is -1.98. The van der Waals surface area contributed by atoms with Gasteiger partial charge in [-0.3, -0.25) is 0 Å². The summed E-state index contributed by atoms with van der Waals surface area (Å²) in [5.74, 6) is 2.38. The van der Waals surface area contributed by atoms with Gasteiger partial charge in [-0.2, -0.15) is 0 Å². The third-order valence-corrected chi connectivity index (χ3v) is 1.40. The van der Waals surface area contributed by atoms with Crippen molar-refractivity contribution in [2.45, 2.75) is 0 Å². The number of ether oxygens (including phenoxy) is 1. The van der Waals surface area contributed by atoms with Gasteiger partial charge in [-0.1, -0.05) is 18.2 Å². The van der Waals surface area contributed by atoms with Gasteiger partial charge in [0, 0.05) is 0 Å². The Morgan fingerprint density at radius 2 is 1.91 bits per heavy atom. The van der Waals surface area contributed by atoms with E-state index >= 15 is 0 Å². The minimum Gasteiger partial charge on any atom is -0.497 e. The van der Waals surface area contributed by atoms with Crippen molar-refractivity contribution in [3.8, 4) is 5.75 Å². The molecular weight excluding hydrogens is 135 g/mol. The van der Waals surface area contributed by atoms with E-state index in [1.54, 1.807) is 7.11 Å². The molecule has 0 spiro atoms. The predicted octanol–water partition coefficient (Wildman–Crippen LogP) is 1.83. The molecule has 11 heavy (non-hydrogen) atoms. The van der Waals surface area contributed by atoms with Crippen molar-refractivity contribution in [2.75, 3.05) is 7.11 Å². The van der Waals surface area contributed by atoms with Gasteiger partial charge in [-0.15, -0.1) is 5.98 Å². The van der Waals surface area contributed by atoms with Crippen LogP contribution >= 0.6 is 0 Å². The lowest BCUT2D eigenvalue weighted by atomic mass is 10.1. The first-order valence-corrected chi connectivity index (χ1v) is 3.39. The Morgan fingerprint density at radius 3 is 2.36 bits per heavy atom. The van der Waals surface area contributed by atoms with Crippen molar-refractivity contribution in [3.63, 3.8) is 0 Å². The van der Waals surface area contributed by atoms with Crippen LogP contribution in [0.15, 0.2) is 30.2 Å². The summed E-state index contributed by atoms with van der Waals surface area (Å²) < 4.78 is 4.99. The molecule has 54 valence electrons. The van der Waals surface area contributed by atoms with Gasteiger partial charge in [0.2, 0.25) is 0 Å². The maximum atomic E-state index is 5.22. The molecule has 0 heterocycles. The summed E-state index contributed by atoms with van der Waals surface area (Å²) in [6, 6.07) is 7.69. The van der Waals surface area contributed by atoms with Crippen molar-refractivity contribution >= 4 is 13.9 Å². The molecule has 1 aromatic rings. The third kappa shape index (κ3) is 2.15. The quantitative estimate of drug-likeness (QED) is 0.575. The van der Waals surface area contributed by atoms with E-state index in [1.807, 2.05) is 30.3 Å². The highest BCUT2D eigenvalue weighted by Crippen LogP contribution is 2.11. The number of rotatable bonds is 2. The summed E-state index contributed by atoms with van der Waals surface area (Å²) in [5.41, 5.74) is 1.08. The second-order valence-corrected chi connectivity index (χ2v) is 2.13.